The van der Waals surface area contributed by atoms with Gasteiger partial charge >= 0.3 is 5.63 Å². The number of benzene rings is 1. The van der Waals surface area contributed by atoms with E-state index < -0.39 is 5.63 Å². The third-order valence-electron chi connectivity index (χ3n) is 3.78. The van der Waals surface area contributed by atoms with E-state index in [0.29, 0.717) is 21.5 Å². The molecule has 8 heteroatoms. The van der Waals surface area contributed by atoms with E-state index >= 15 is 0 Å². The van der Waals surface area contributed by atoms with E-state index in [1.54, 1.807) is 35.1 Å². The second-order valence-corrected chi connectivity index (χ2v) is 6.44. The molecule has 4 aromatic heterocycles. The molecule has 5 rings (SSSR count). The Bertz CT molecular complexity index is 1260. The lowest BCUT2D eigenvalue weighted by Gasteiger charge is -2.02. The highest BCUT2D eigenvalue weighted by Gasteiger charge is 2.11. The van der Waals surface area contributed by atoms with Crippen LogP contribution in [-0.2, 0) is 0 Å². The van der Waals surface area contributed by atoms with Crippen LogP contribution in [-0.4, -0.2) is 19.6 Å². The average molecular weight is 362 g/mol. The molecule has 0 bridgehead atoms. The lowest BCUT2D eigenvalue weighted by atomic mass is 10.2. The molecule has 0 unspecified atom stereocenters. The lowest BCUT2D eigenvalue weighted by molar-refractivity contribution is 0.468. The second kappa shape index (κ2) is 5.78. The molecule has 7 nitrogen and oxygen atoms in total. The summed E-state index contributed by atoms with van der Waals surface area (Å²) in [5.74, 6) is 0.538. The van der Waals surface area contributed by atoms with Crippen molar-refractivity contribution in [2.75, 3.05) is 0 Å². The summed E-state index contributed by atoms with van der Waals surface area (Å²) in [6, 6.07) is 12.2. The molecule has 0 fully saturated rings. The van der Waals surface area contributed by atoms with Gasteiger partial charge in [0.25, 0.3) is 5.19 Å². The van der Waals surface area contributed by atoms with Gasteiger partial charge in [-0.3, -0.25) is 4.98 Å². The summed E-state index contributed by atoms with van der Waals surface area (Å²) in [7, 11) is 0. The molecule has 0 N–H and O–H groups in total. The first-order chi connectivity index (χ1) is 12.7. The third-order valence-corrected chi connectivity index (χ3v) is 4.58. The summed E-state index contributed by atoms with van der Waals surface area (Å²) in [5, 5.41) is 5.66. The average Bonchev–Trinajstić information content (AvgIpc) is 3.20. The highest BCUT2D eigenvalue weighted by Crippen LogP contribution is 2.30. The number of aromatic nitrogens is 4. The van der Waals surface area contributed by atoms with Gasteiger partial charge in [-0.25, -0.2) is 14.3 Å². The fraction of sp³-hybridized carbons (Fsp3) is 0. The maximum Gasteiger partial charge on any atom is 0.336 e. The molecule has 1 aromatic carbocycles. The molecule has 0 saturated carbocycles. The van der Waals surface area contributed by atoms with Crippen molar-refractivity contribution >= 4 is 27.3 Å². The molecular formula is C18H10N4O3S. The summed E-state index contributed by atoms with van der Waals surface area (Å²) in [6.45, 7) is 0. The predicted octanol–water partition coefficient (Wildman–Crippen LogP) is 3.75. The number of nitrogens with zero attached hydrogens (tertiary/aromatic N) is 4. The maximum absolute atomic E-state index is 11.4. The van der Waals surface area contributed by atoms with Crippen molar-refractivity contribution in [3.63, 3.8) is 0 Å². The monoisotopic (exact) mass is 362 g/mol. The van der Waals surface area contributed by atoms with Gasteiger partial charge in [0.2, 0.25) is 4.96 Å². The fourth-order valence-corrected chi connectivity index (χ4v) is 3.34. The number of pyridine rings is 1. The van der Waals surface area contributed by atoms with Crippen LogP contribution in [0.1, 0.15) is 0 Å². The number of hydrogen-bond donors (Lipinski definition) is 0. The van der Waals surface area contributed by atoms with E-state index in [1.165, 1.54) is 17.4 Å². The van der Waals surface area contributed by atoms with Crippen LogP contribution >= 0.6 is 11.3 Å². The smallest absolute Gasteiger partial charge is 0.336 e. The van der Waals surface area contributed by atoms with Crippen LogP contribution in [0.2, 0.25) is 0 Å². The third kappa shape index (κ3) is 2.62. The first-order valence-corrected chi connectivity index (χ1v) is 8.55. The predicted molar refractivity (Wildman–Crippen MR) is 96.7 cm³/mol. The topological polar surface area (TPSA) is 82.5 Å². The van der Waals surface area contributed by atoms with E-state index in [2.05, 4.69) is 15.1 Å². The van der Waals surface area contributed by atoms with E-state index in [1.807, 2.05) is 24.4 Å². The first-order valence-electron chi connectivity index (χ1n) is 7.73. The van der Waals surface area contributed by atoms with Gasteiger partial charge in [0.15, 0.2) is 0 Å². The van der Waals surface area contributed by atoms with Crippen molar-refractivity contribution in [3.05, 3.63) is 71.5 Å². The molecule has 126 valence electrons. The lowest BCUT2D eigenvalue weighted by Crippen LogP contribution is -1.94. The van der Waals surface area contributed by atoms with Gasteiger partial charge in [0.05, 0.1) is 11.9 Å². The Hall–Kier alpha value is -3.52. The Morgan fingerprint density at radius 1 is 1.15 bits per heavy atom. The van der Waals surface area contributed by atoms with Gasteiger partial charge in [0, 0.05) is 35.5 Å². The van der Waals surface area contributed by atoms with Crippen molar-refractivity contribution < 1.29 is 9.15 Å². The Balaban J connectivity index is 1.46. The van der Waals surface area contributed by atoms with Gasteiger partial charge in [-0.1, -0.05) is 0 Å². The van der Waals surface area contributed by atoms with Gasteiger partial charge in [-0.2, -0.15) is 0 Å². The zero-order chi connectivity index (χ0) is 17.5. The molecule has 0 aliphatic carbocycles. The van der Waals surface area contributed by atoms with Crippen LogP contribution in [0.5, 0.6) is 10.9 Å². The maximum atomic E-state index is 11.4. The van der Waals surface area contributed by atoms with Crippen molar-refractivity contribution in [2.24, 2.45) is 0 Å². The number of imidazole rings is 1. The van der Waals surface area contributed by atoms with Gasteiger partial charge in [-0.05, 0) is 41.7 Å². The highest BCUT2D eigenvalue weighted by atomic mass is 32.1. The summed E-state index contributed by atoms with van der Waals surface area (Å²) < 4.78 is 12.6. The fourth-order valence-electron chi connectivity index (χ4n) is 2.58. The van der Waals surface area contributed by atoms with Crippen molar-refractivity contribution in [1.82, 2.24) is 19.6 Å². The molecule has 0 saturated heterocycles. The normalized spacial score (nSPS) is 11.2. The van der Waals surface area contributed by atoms with E-state index in [4.69, 9.17) is 9.15 Å². The van der Waals surface area contributed by atoms with Gasteiger partial charge in [0.1, 0.15) is 11.3 Å². The van der Waals surface area contributed by atoms with Crippen LogP contribution in [0.4, 0.5) is 0 Å². The van der Waals surface area contributed by atoms with Crippen molar-refractivity contribution in [2.45, 2.75) is 0 Å². The minimum absolute atomic E-state index is 0.398. The number of hydrogen-bond acceptors (Lipinski definition) is 7. The van der Waals surface area contributed by atoms with Crippen LogP contribution < -0.4 is 10.4 Å². The zero-order valence-electron chi connectivity index (χ0n) is 13.2. The van der Waals surface area contributed by atoms with E-state index in [-0.39, 0.29) is 0 Å². The summed E-state index contributed by atoms with van der Waals surface area (Å²) in [6.07, 6.45) is 5.31. The van der Waals surface area contributed by atoms with Crippen molar-refractivity contribution in [3.8, 4) is 22.2 Å². The van der Waals surface area contributed by atoms with E-state index in [9.17, 15) is 4.79 Å². The van der Waals surface area contributed by atoms with Crippen molar-refractivity contribution in [1.29, 1.82) is 0 Å². The van der Waals surface area contributed by atoms with E-state index in [0.717, 1.165) is 16.6 Å². The minimum Gasteiger partial charge on any atom is -0.430 e. The quantitative estimate of drug-likeness (QED) is 0.455. The Morgan fingerprint density at radius 2 is 2.08 bits per heavy atom. The molecule has 0 amide bonds. The largest absolute Gasteiger partial charge is 0.430 e. The zero-order valence-corrected chi connectivity index (χ0v) is 14.0. The number of rotatable bonds is 3. The summed E-state index contributed by atoms with van der Waals surface area (Å²) in [5.41, 5.74) is 1.80. The van der Waals surface area contributed by atoms with Crippen LogP contribution in [0.3, 0.4) is 0 Å². The Kier molecular flexibility index (Phi) is 3.29. The van der Waals surface area contributed by atoms with Crippen LogP contribution in [0, 0.1) is 0 Å². The molecule has 4 heterocycles. The standard InChI is InChI=1S/C18H10N4O3S/c23-16-6-4-11-3-5-13(8-15(11)25-16)24-18-21-22-10-14(20-17(22)26-18)12-2-1-7-19-9-12/h1-10H. The second-order valence-electron chi connectivity index (χ2n) is 5.52. The number of fused-ring (bicyclic) bond motifs is 2. The number of ether oxygens (including phenoxy) is 1. The van der Waals surface area contributed by atoms with Crippen LogP contribution in [0.25, 0.3) is 27.2 Å². The molecular weight excluding hydrogens is 352 g/mol. The minimum atomic E-state index is -0.398. The van der Waals surface area contributed by atoms with Crippen LogP contribution in [0.15, 0.2) is 70.3 Å². The van der Waals surface area contributed by atoms with Gasteiger partial charge in [-0.15, -0.1) is 5.10 Å². The molecule has 0 aliphatic rings. The molecule has 0 aliphatic heterocycles. The molecule has 26 heavy (non-hydrogen) atoms. The summed E-state index contributed by atoms with van der Waals surface area (Å²) >= 11 is 1.32. The summed E-state index contributed by atoms with van der Waals surface area (Å²) in [4.78, 5) is 20.7. The molecule has 0 radical (unpaired) electrons. The first kappa shape index (κ1) is 14.8. The molecule has 5 aromatic rings. The molecule has 0 spiro atoms. The highest BCUT2D eigenvalue weighted by molar-refractivity contribution is 7.18. The Labute approximate surface area is 150 Å². The molecule has 0 atom stereocenters. The Morgan fingerprint density at radius 3 is 2.92 bits per heavy atom. The SMILES string of the molecule is O=c1ccc2ccc(Oc3nn4cc(-c5cccnc5)nc4s3)cc2o1. The van der Waals surface area contributed by atoms with Gasteiger partial charge < -0.3 is 9.15 Å².